The van der Waals surface area contributed by atoms with Crippen molar-refractivity contribution < 1.29 is 14.3 Å². The lowest BCUT2D eigenvalue weighted by atomic mass is 10.00. The van der Waals surface area contributed by atoms with E-state index in [9.17, 15) is 4.79 Å². The van der Waals surface area contributed by atoms with Crippen molar-refractivity contribution in [2.45, 2.75) is 33.2 Å². The van der Waals surface area contributed by atoms with Gasteiger partial charge in [0.2, 0.25) is 5.91 Å². The SMILES string of the molecule is Cc1ccc2c(c1)Cc1cccc(c1)CN(C(=O)Cc1csc(C)n1)CCOCCO2. The third-order valence-electron chi connectivity index (χ3n) is 5.32. The van der Waals surface area contributed by atoms with Crippen LogP contribution in [0.15, 0.2) is 47.8 Å². The molecule has 0 aliphatic carbocycles. The first kappa shape index (κ1) is 21.5. The molecule has 2 aromatic carbocycles. The number of aryl methyl sites for hydroxylation is 2. The van der Waals surface area contributed by atoms with Gasteiger partial charge in [0.05, 0.1) is 30.3 Å². The van der Waals surface area contributed by atoms with E-state index in [4.69, 9.17) is 9.47 Å². The summed E-state index contributed by atoms with van der Waals surface area (Å²) < 4.78 is 11.8. The minimum Gasteiger partial charge on any atom is -0.491 e. The molecule has 0 saturated carbocycles. The Kier molecular flexibility index (Phi) is 6.99. The number of benzene rings is 2. The van der Waals surface area contributed by atoms with Crippen LogP contribution in [0.25, 0.3) is 0 Å². The number of ether oxygens (including phenoxy) is 2. The van der Waals surface area contributed by atoms with Crippen LogP contribution in [-0.4, -0.2) is 42.2 Å². The summed E-state index contributed by atoms with van der Waals surface area (Å²) in [4.78, 5) is 19.3. The van der Waals surface area contributed by atoms with E-state index in [0.29, 0.717) is 39.3 Å². The van der Waals surface area contributed by atoms with E-state index < -0.39 is 0 Å². The van der Waals surface area contributed by atoms with Gasteiger partial charge in [-0.15, -0.1) is 11.3 Å². The first-order valence-corrected chi connectivity index (χ1v) is 11.5. The number of amides is 1. The van der Waals surface area contributed by atoms with Crippen LogP contribution in [0, 0.1) is 13.8 Å². The van der Waals surface area contributed by atoms with Gasteiger partial charge < -0.3 is 14.4 Å². The molecule has 0 N–H and O–H groups in total. The van der Waals surface area contributed by atoms with E-state index in [0.717, 1.165) is 28.4 Å². The van der Waals surface area contributed by atoms with Crippen LogP contribution in [0.2, 0.25) is 0 Å². The van der Waals surface area contributed by atoms with E-state index in [-0.39, 0.29) is 5.91 Å². The molecule has 1 aliphatic rings. The van der Waals surface area contributed by atoms with Crippen molar-refractivity contribution in [2.24, 2.45) is 0 Å². The standard InChI is InChI=1S/C25H28N2O3S/c1-18-6-7-24-22(12-18)14-20-4-3-5-21(13-20)16-27(8-9-29-10-11-30-24)25(28)15-23-17-31-19(2)26-23/h3-7,12-13,17H,8-11,14-16H2,1-2H3. The topological polar surface area (TPSA) is 51.7 Å². The molecule has 2 heterocycles. The summed E-state index contributed by atoms with van der Waals surface area (Å²) in [5, 5.41) is 2.95. The Morgan fingerprint density at radius 2 is 1.97 bits per heavy atom. The fraction of sp³-hybridized carbons (Fsp3) is 0.360. The Morgan fingerprint density at radius 1 is 1.10 bits per heavy atom. The van der Waals surface area contributed by atoms with Gasteiger partial charge >= 0.3 is 0 Å². The molecule has 0 atom stereocenters. The first-order chi connectivity index (χ1) is 15.1. The molecular weight excluding hydrogens is 408 g/mol. The van der Waals surface area contributed by atoms with Crippen molar-refractivity contribution in [3.05, 3.63) is 80.8 Å². The van der Waals surface area contributed by atoms with E-state index >= 15 is 0 Å². The molecule has 1 amide bonds. The molecule has 0 fully saturated rings. The van der Waals surface area contributed by atoms with Crippen LogP contribution in [0.3, 0.4) is 0 Å². The zero-order chi connectivity index (χ0) is 21.6. The monoisotopic (exact) mass is 436 g/mol. The van der Waals surface area contributed by atoms with E-state index in [1.807, 2.05) is 23.3 Å². The Balaban J connectivity index is 1.56. The number of nitrogens with zero attached hydrogens (tertiary/aromatic N) is 2. The van der Waals surface area contributed by atoms with Crippen LogP contribution in [0.5, 0.6) is 5.75 Å². The Bertz CT molecular complexity index is 1050. The number of thiazole rings is 1. The number of aromatic nitrogens is 1. The largest absolute Gasteiger partial charge is 0.491 e. The van der Waals surface area contributed by atoms with Gasteiger partial charge in [0.1, 0.15) is 12.4 Å². The molecule has 0 saturated heterocycles. The molecule has 0 spiro atoms. The summed E-state index contributed by atoms with van der Waals surface area (Å²) in [6.07, 6.45) is 1.11. The number of carbonyl (C=O) groups excluding carboxylic acids is 1. The van der Waals surface area contributed by atoms with Crippen molar-refractivity contribution in [1.82, 2.24) is 9.88 Å². The number of rotatable bonds is 2. The lowest BCUT2D eigenvalue weighted by molar-refractivity contribution is -0.132. The van der Waals surface area contributed by atoms with Crippen LogP contribution in [0.4, 0.5) is 0 Å². The van der Waals surface area contributed by atoms with E-state index in [2.05, 4.69) is 48.3 Å². The maximum Gasteiger partial charge on any atom is 0.228 e. The highest BCUT2D eigenvalue weighted by atomic mass is 32.1. The smallest absolute Gasteiger partial charge is 0.228 e. The summed E-state index contributed by atoms with van der Waals surface area (Å²) in [7, 11) is 0. The molecule has 1 aliphatic heterocycles. The highest BCUT2D eigenvalue weighted by Gasteiger charge is 2.17. The van der Waals surface area contributed by atoms with Gasteiger partial charge in [0, 0.05) is 24.9 Å². The third-order valence-corrected chi connectivity index (χ3v) is 6.14. The summed E-state index contributed by atoms with van der Waals surface area (Å²) in [6, 6.07) is 14.8. The average Bonchev–Trinajstić information content (AvgIpc) is 3.15. The van der Waals surface area contributed by atoms with E-state index in [1.165, 1.54) is 16.7 Å². The van der Waals surface area contributed by atoms with Crippen molar-refractivity contribution in [1.29, 1.82) is 0 Å². The minimum atomic E-state index is 0.0728. The molecular formula is C25H28N2O3S. The van der Waals surface area contributed by atoms with Crippen molar-refractivity contribution in [2.75, 3.05) is 26.4 Å². The third kappa shape index (κ3) is 5.93. The maximum absolute atomic E-state index is 13.0. The van der Waals surface area contributed by atoms with Gasteiger partial charge in [-0.25, -0.2) is 4.98 Å². The molecule has 5 nitrogen and oxygen atoms in total. The molecule has 1 aromatic heterocycles. The lowest BCUT2D eigenvalue weighted by Gasteiger charge is -2.23. The second kappa shape index (κ2) is 10.1. The van der Waals surface area contributed by atoms with Crippen molar-refractivity contribution in [3.63, 3.8) is 0 Å². The molecule has 31 heavy (non-hydrogen) atoms. The second-order valence-corrected chi connectivity index (χ2v) is 8.98. The normalized spacial score (nSPS) is 15.0. The highest BCUT2D eigenvalue weighted by Crippen LogP contribution is 2.24. The Labute approximate surface area is 187 Å². The number of hydrogen-bond donors (Lipinski definition) is 0. The molecule has 0 unspecified atom stereocenters. The number of carbonyl (C=O) groups is 1. The van der Waals surface area contributed by atoms with Crippen molar-refractivity contribution >= 4 is 17.2 Å². The van der Waals surface area contributed by atoms with Gasteiger partial charge in [0.25, 0.3) is 0 Å². The fourth-order valence-corrected chi connectivity index (χ4v) is 4.41. The average molecular weight is 437 g/mol. The zero-order valence-corrected chi connectivity index (χ0v) is 18.9. The van der Waals surface area contributed by atoms with Crippen LogP contribution in [0.1, 0.15) is 33.0 Å². The van der Waals surface area contributed by atoms with Gasteiger partial charge in [-0.3, -0.25) is 4.79 Å². The van der Waals surface area contributed by atoms with E-state index in [1.54, 1.807) is 11.3 Å². The predicted octanol–water partition coefficient (Wildman–Crippen LogP) is 4.33. The molecule has 6 heteroatoms. The lowest BCUT2D eigenvalue weighted by Crippen LogP contribution is -2.35. The molecule has 0 radical (unpaired) electrons. The number of fused-ring (bicyclic) bond motifs is 3. The quantitative estimate of drug-likeness (QED) is 0.600. The molecule has 2 bridgehead atoms. The van der Waals surface area contributed by atoms with Crippen molar-refractivity contribution in [3.8, 4) is 5.75 Å². The maximum atomic E-state index is 13.0. The summed E-state index contributed by atoms with van der Waals surface area (Å²) in [6.45, 7) is 6.62. The number of hydrogen-bond acceptors (Lipinski definition) is 5. The Hall–Kier alpha value is -2.70. The molecule has 162 valence electrons. The van der Waals surface area contributed by atoms with Gasteiger partial charge in [0.15, 0.2) is 0 Å². The molecule has 4 rings (SSSR count). The van der Waals surface area contributed by atoms with Crippen LogP contribution in [-0.2, 0) is 28.9 Å². The van der Waals surface area contributed by atoms with Crippen LogP contribution >= 0.6 is 11.3 Å². The first-order valence-electron chi connectivity index (χ1n) is 10.6. The van der Waals surface area contributed by atoms with Gasteiger partial charge in [-0.05, 0) is 36.6 Å². The highest BCUT2D eigenvalue weighted by molar-refractivity contribution is 7.09. The predicted molar refractivity (Wildman–Crippen MR) is 123 cm³/mol. The second-order valence-electron chi connectivity index (χ2n) is 7.92. The summed E-state index contributed by atoms with van der Waals surface area (Å²) in [5.41, 5.74) is 5.55. The van der Waals surface area contributed by atoms with Gasteiger partial charge in [-0.1, -0.05) is 42.0 Å². The fourth-order valence-electron chi connectivity index (χ4n) is 3.80. The summed E-state index contributed by atoms with van der Waals surface area (Å²) in [5.74, 6) is 0.982. The Morgan fingerprint density at radius 3 is 2.81 bits per heavy atom. The molecule has 3 aromatic rings. The summed E-state index contributed by atoms with van der Waals surface area (Å²) >= 11 is 1.58. The zero-order valence-electron chi connectivity index (χ0n) is 18.1. The minimum absolute atomic E-state index is 0.0728. The van der Waals surface area contributed by atoms with Crippen LogP contribution < -0.4 is 4.74 Å². The van der Waals surface area contributed by atoms with Gasteiger partial charge in [-0.2, -0.15) is 0 Å².